The molecule has 1 fully saturated rings. The average Bonchev–Trinajstić information content (AvgIpc) is 3.09. The van der Waals surface area contributed by atoms with Gasteiger partial charge in [-0.2, -0.15) is 0 Å². The highest BCUT2D eigenvalue weighted by Crippen LogP contribution is 2.31. The van der Waals surface area contributed by atoms with Crippen molar-refractivity contribution in [3.05, 3.63) is 36.3 Å². The fourth-order valence-corrected chi connectivity index (χ4v) is 4.24. The molecule has 0 spiro atoms. The van der Waals surface area contributed by atoms with E-state index in [9.17, 15) is 8.42 Å². The Hall–Kier alpha value is -1.82. The van der Waals surface area contributed by atoms with Crippen LogP contribution in [0.1, 0.15) is 25.1 Å². The van der Waals surface area contributed by atoms with E-state index in [2.05, 4.69) is 14.3 Å². The minimum Gasteiger partial charge on any atom is -0.328 e. The number of rotatable bonds is 4. The first-order valence-electron chi connectivity index (χ1n) is 7.30. The Kier molecular flexibility index (Phi) is 2.82. The van der Waals surface area contributed by atoms with Gasteiger partial charge in [-0.3, -0.25) is 4.72 Å². The van der Waals surface area contributed by atoms with Gasteiger partial charge >= 0.3 is 0 Å². The lowest BCUT2D eigenvalue weighted by molar-refractivity contribution is 0.600. The third-order valence-electron chi connectivity index (χ3n) is 4.10. The Morgan fingerprint density at radius 3 is 2.95 bits per heavy atom. The van der Waals surface area contributed by atoms with Gasteiger partial charge in [0.05, 0.1) is 17.1 Å². The number of nitrogens with one attached hydrogen (secondary N) is 1. The average molecular weight is 303 g/mol. The topological polar surface area (TPSA) is 64.0 Å². The standard InChI is InChI=1S/C15H17N3O2S/c19-21(20,13-6-7-13)17-12-4-1-3-11(9-12)14-10-16-15-5-2-8-18(14)15/h1,3-4,9-10,13,17H,2,5-8H2. The van der Waals surface area contributed by atoms with Crippen LogP contribution in [0.25, 0.3) is 11.3 Å². The Morgan fingerprint density at radius 2 is 2.14 bits per heavy atom. The second kappa shape index (κ2) is 4.59. The van der Waals surface area contributed by atoms with Gasteiger partial charge in [0.15, 0.2) is 0 Å². The maximum Gasteiger partial charge on any atom is 0.235 e. The van der Waals surface area contributed by atoms with E-state index >= 15 is 0 Å². The predicted octanol–water partition coefficient (Wildman–Crippen LogP) is 2.40. The summed E-state index contributed by atoms with van der Waals surface area (Å²) >= 11 is 0. The molecule has 0 bridgehead atoms. The van der Waals surface area contributed by atoms with Crippen molar-refractivity contribution in [2.24, 2.45) is 0 Å². The molecule has 0 saturated heterocycles. The van der Waals surface area contributed by atoms with Gasteiger partial charge in [-0.25, -0.2) is 13.4 Å². The van der Waals surface area contributed by atoms with Crippen LogP contribution in [0.3, 0.4) is 0 Å². The van der Waals surface area contributed by atoms with Crippen molar-refractivity contribution in [1.82, 2.24) is 9.55 Å². The number of nitrogens with zero attached hydrogens (tertiary/aromatic N) is 2. The van der Waals surface area contributed by atoms with Crippen molar-refractivity contribution in [1.29, 1.82) is 0 Å². The predicted molar refractivity (Wildman–Crippen MR) is 81.5 cm³/mol. The summed E-state index contributed by atoms with van der Waals surface area (Å²) in [5.41, 5.74) is 2.70. The number of benzene rings is 1. The van der Waals surface area contributed by atoms with Gasteiger partial charge in [0.2, 0.25) is 10.0 Å². The van der Waals surface area contributed by atoms with Crippen molar-refractivity contribution in [3.63, 3.8) is 0 Å². The van der Waals surface area contributed by atoms with Crippen LogP contribution in [-0.4, -0.2) is 23.2 Å². The summed E-state index contributed by atoms with van der Waals surface area (Å²) in [6.45, 7) is 0.989. The fraction of sp³-hybridized carbons (Fsp3) is 0.400. The highest BCUT2D eigenvalue weighted by atomic mass is 32.2. The summed E-state index contributed by atoms with van der Waals surface area (Å²) in [5.74, 6) is 1.12. The molecular weight excluding hydrogens is 286 g/mol. The first-order valence-corrected chi connectivity index (χ1v) is 8.84. The van der Waals surface area contributed by atoms with Gasteiger partial charge < -0.3 is 4.57 Å². The number of aryl methyl sites for hydroxylation is 1. The van der Waals surface area contributed by atoms with E-state index in [1.165, 1.54) is 0 Å². The molecule has 1 aromatic heterocycles. The first-order chi connectivity index (χ1) is 10.1. The summed E-state index contributed by atoms with van der Waals surface area (Å²) < 4.78 is 28.9. The Labute approximate surface area is 124 Å². The van der Waals surface area contributed by atoms with Crippen LogP contribution in [0.5, 0.6) is 0 Å². The SMILES string of the molecule is O=S(=O)(Nc1cccc(-c2cnc3n2CCC3)c1)C1CC1. The second-order valence-electron chi connectivity index (χ2n) is 5.74. The smallest absolute Gasteiger partial charge is 0.235 e. The third kappa shape index (κ3) is 2.33. The summed E-state index contributed by atoms with van der Waals surface area (Å²) in [5, 5.41) is -0.208. The van der Waals surface area contributed by atoms with Gasteiger partial charge in [-0.15, -0.1) is 0 Å². The molecule has 4 rings (SSSR count). The van der Waals surface area contributed by atoms with Crippen LogP contribution >= 0.6 is 0 Å². The molecule has 0 unspecified atom stereocenters. The van der Waals surface area contributed by atoms with Gasteiger partial charge in [0.1, 0.15) is 5.82 Å². The molecular formula is C15H17N3O2S. The number of fused-ring (bicyclic) bond motifs is 1. The number of aromatic nitrogens is 2. The molecule has 2 heterocycles. The number of hydrogen-bond donors (Lipinski definition) is 1. The molecule has 0 atom stereocenters. The summed E-state index contributed by atoms with van der Waals surface area (Å²) in [4.78, 5) is 4.44. The molecule has 2 aromatic rings. The molecule has 6 heteroatoms. The maximum absolute atomic E-state index is 12.0. The van der Waals surface area contributed by atoms with Gasteiger partial charge in [-0.1, -0.05) is 12.1 Å². The van der Waals surface area contributed by atoms with Gasteiger partial charge in [0.25, 0.3) is 0 Å². The first kappa shape index (κ1) is 12.9. The minimum atomic E-state index is -3.21. The molecule has 1 saturated carbocycles. The second-order valence-corrected chi connectivity index (χ2v) is 7.70. The van der Waals surface area contributed by atoms with Crippen molar-refractivity contribution in [3.8, 4) is 11.3 Å². The van der Waals surface area contributed by atoms with Gasteiger partial charge in [0, 0.05) is 24.2 Å². The van der Waals surface area contributed by atoms with Crippen LogP contribution in [0.4, 0.5) is 5.69 Å². The number of anilines is 1. The zero-order valence-electron chi connectivity index (χ0n) is 11.6. The van der Waals surface area contributed by atoms with E-state index in [0.717, 1.165) is 49.3 Å². The maximum atomic E-state index is 12.0. The minimum absolute atomic E-state index is 0.208. The Morgan fingerprint density at radius 1 is 1.29 bits per heavy atom. The van der Waals surface area contributed by atoms with Crippen molar-refractivity contribution >= 4 is 15.7 Å². The lowest BCUT2D eigenvalue weighted by atomic mass is 10.1. The Balaban J connectivity index is 1.66. The highest BCUT2D eigenvalue weighted by molar-refractivity contribution is 7.93. The van der Waals surface area contributed by atoms with E-state index in [0.29, 0.717) is 5.69 Å². The molecule has 0 radical (unpaired) electrons. The molecule has 0 amide bonds. The van der Waals surface area contributed by atoms with Crippen LogP contribution < -0.4 is 4.72 Å². The molecule has 5 nitrogen and oxygen atoms in total. The summed E-state index contributed by atoms with van der Waals surface area (Å²) in [6, 6.07) is 7.57. The van der Waals surface area contributed by atoms with Gasteiger partial charge in [-0.05, 0) is 31.4 Å². The summed E-state index contributed by atoms with van der Waals surface area (Å²) in [7, 11) is -3.21. The number of imidazole rings is 1. The van der Waals surface area contributed by atoms with Crippen LogP contribution in [0.15, 0.2) is 30.5 Å². The Bertz CT molecular complexity index is 791. The number of hydrogen-bond acceptors (Lipinski definition) is 3. The molecule has 1 N–H and O–H groups in total. The quantitative estimate of drug-likeness (QED) is 0.943. The fourth-order valence-electron chi connectivity index (χ4n) is 2.86. The van der Waals surface area contributed by atoms with E-state index < -0.39 is 10.0 Å². The van der Waals surface area contributed by atoms with Crippen molar-refractivity contribution in [2.45, 2.75) is 37.5 Å². The molecule has 2 aliphatic rings. The zero-order valence-corrected chi connectivity index (χ0v) is 12.4. The van der Waals surface area contributed by atoms with Crippen LogP contribution in [-0.2, 0) is 23.0 Å². The monoisotopic (exact) mass is 303 g/mol. The van der Waals surface area contributed by atoms with Crippen LogP contribution in [0, 0.1) is 0 Å². The van der Waals surface area contributed by atoms with E-state index in [1.54, 1.807) is 6.07 Å². The van der Waals surface area contributed by atoms with Crippen molar-refractivity contribution < 1.29 is 8.42 Å². The van der Waals surface area contributed by atoms with Crippen LogP contribution in [0.2, 0.25) is 0 Å². The normalized spacial score (nSPS) is 17.7. The lowest BCUT2D eigenvalue weighted by Crippen LogP contribution is -2.17. The lowest BCUT2D eigenvalue weighted by Gasteiger charge is -2.10. The summed E-state index contributed by atoms with van der Waals surface area (Å²) in [6.07, 6.45) is 5.57. The largest absolute Gasteiger partial charge is 0.328 e. The van der Waals surface area contributed by atoms with E-state index in [-0.39, 0.29) is 5.25 Å². The third-order valence-corrected chi connectivity index (χ3v) is 5.97. The molecule has 1 aliphatic carbocycles. The van der Waals surface area contributed by atoms with E-state index in [1.807, 2.05) is 24.4 Å². The van der Waals surface area contributed by atoms with Crippen molar-refractivity contribution in [2.75, 3.05) is 4.72 Å². The highest BCUT2D eigenvalue weighted by Gasteiger charge is 2.35. The molecule has 1 aliphatic heterocycles. The molecule has 110 valence electrons. The molecule has 1 aromatic carbocycles. The molecule has 21 heavy (non-hydrogen) atoms. The van der Waals surface area contributed by atoms with E-state index in [4.69, 9.17) is 0 Å². The number of sulfonamides is 1. The zero-order chi connectivity index (χ0) is 14.4.